The van der Waals surface area contributed by atoms with Gasteiger partial charge in [0, 0.05) is 50.6 Å². The number of carbonyl (C=O) groups excluding carboxylic acids is 2. The van der Waals surface area contributed by atoms with Gasteiger partial charge in [-0.3, -0.25) is 9.59 Å². The van der Waals surface area contributed by atoms with E-state index in [0.29, 0.717) is 32.5 Å². The fraction of sp³-hybridized carbons (Fsp3) is 0.333. The average Bonchev–Trinajstić information content (AvgIpc) is 3.50. The molecule has 0 aliphatic carbocycles. The summed E-state index contributed by atoms with van der Waals surface area (Å²) in [5.74, 6) is 0.829. The standard InChI is InChI=1S/C30H30FN5O2/c31-24-10-8-21(9-11-24)17-27-33-26-7-4-14-32-30(26)36(27)25-12-15-34(16-13-25)29(38)20-35-19-23(18-28(35)37)22-5-2-1-3-6-22/h1-11,14,23,25H,12-13,15-20H2/t23-/m0/s1. The molecule has 0 bridgehead atoms. The molecule has 0 spiro atoms. The van der Waals surface area contributed by atoms with Crippen LogP contribution in [0.2, 0.25) is 0 Å². The number of pyridine rings is 1. The van der Waals surface area contributed by atoms with E-state index in [1.54, 1.807) is 23.2 Å². The molecule has 2 aliphatic rings. The van der Waals surface area contributed by atoms with Crippen LogP contribution in [0, 0.1) is 5.82 Å². The van der Waals surface area contributed by atoms with Gasteiger partial charge >= 0.3 is 0 Å². The molecule has 0 unspecified atom stereocenters. The van der Waals surface area contributed by atoms with Crippen molar-refractivity contribution < 1.29 is 14.0 Å². The second-order valence-corrected chi connectivity index (χ2v) is 10.2. The Hall–Kier alpha value is -4.07. The fourth-order valence-corrected chi connectivity index (χ4v) is 5.78. The van der Waals surface area contributed by atoms with Crippen LogP contribution < -0.4 is 0 Å². The predicted molar refractivity (Wildman–Crippen MR) is 142 cm³/mol. The van der Waals surface area contributed by atoms with Gasteiger partial charge in [0.2, 0.25) is 11.8 Å². The van der Waals surface area contributed by atoms with Crippen molar-refractivity contribution in [2.75, 3.05) is 26.2 Å². The van der Waals surface area contributed by atoms with E-state index >= 15 is 0 Å². The van der Waals surface area contributed by atoms with Crippen molar-refractivity contribution in [3.05, 3.63) is 95.7 Å². The third kappa shape index (κ3) is 4.90. The summed E-state index contributed by atoms with van der Waals surface area (Å²) in [6.45, 7) is 1.97. The molecule has 6 rings (SSSR count). The molecule has 194 valence electrons. The number of halogens is 1. The first-order valence-electron chi connectivity index (χ1n) is 13.2. The zero-order valence-corrected chi connectivity index (χ0v) is 21.2. The Labute approximate surface area is 220 Å². The Balaban J connectivity index is 1.12. The van der Waals surface area contributed by atoms with Crippen molar-refractivity contribution in [1.82, 2.24) is 24.3 Å². The molecule has 2 aromatic heterocycles. The number of piperidine rings is 1. The summed E-state index contributed by atoms with van der Waals surface area (Å²) in [6.07, 6.45) is 4.37. The average molecular weight is 512 g/mol. The summed E-state index contributed by atoms with van der Waals surface area (Å²) < 4.78 is 15.6. The van der Waals surface area contributed by atoms with Gasteiger partial charge in [-0.1, -0.05) is 42.5 Å². The number of hydrogen-bond acceptors (Lipinski definition) is 4. The number of amides is 2. The van der Waals surface area contributed by atoms with Crippen molar-refractivity contribution in [2.24, 2.45) is 0 Å². The highest BCUT2D eigenvalue weighted by molar-refractivity contribution is 5.86. The van der Waals surface area contributed by atoms with Crippen molar-refractivity contribution >= 4 is 23.0 Å². The van der Waals surface area contributed by atoms with Gasteiger partial charge in [-0.25, -0.2) is 14.4 Å². The van der Waals surface area contributed by atoms with Gasteiger partial charge in [0.1, 0.15) is 17.2 Å². The topological polar surface area (TPSA) is 71.3 Å². The highest BCUT2D eigenvalue weighted by Crippen LogP contribution is 2.31. The molecule has 8 heteroatoms. The summed E-state index contributed by atoms with van der Waals surface area (Å²) >= 11 is 0. The Morgan fingerprint density at radius 1 is 0.974 bits per heavy atom. The fourth-order valence-electron chi connectivity index (χ4n) is 5.78. The number of hydrogen-bond donors (Lipinski definition) is 0. The van der Waals surface area contributed by atoms with Gasteiger partial charge in [-0.2, -0.15) is 0 Å². The van der Waals surface area contributed by atoms with Crippen LogP contribution in [-0.2, 0) is 16.0 Å². The first-order valence-corrected chi connectivity index (χ1v) is 13.2. The highest BCUT2D eigenvalue weighted by atomic mass is 19.1. The molecule has 2 amide bonds. The van der Waals surface area contributed by atoms with E-state index in [0.717, 1.165) is 41.0 Å². The zero-order valence-electron chi connectivity index (χ0n) is 21.2. The summed E-state index contributed by atoms with van der Waals surface area (Å²) in [5, 5.41) is 0. The van der Waals surface area contributed by atoms with E-state index in [-0.39, 0.29) is 36.1 Å². The van der Waals surface area contributed by atoms with Crippen molar-refractivity contribution in [3.8, 4) is 0 Å². The molecule has 2 fully saturated rings. The molecule has 4 aromatic rings. The zero-order chi connectivity index (χ0) is 26.1. The number of benzene rings is 2. The van der Waals surface area contributed by atoms with E-state index in [1.165, 1.54) is 12.1 Å². The van der Waals surface area contributed by atoms with Gasteiger partial charge in [0.15, 0.2) is 5.65 Å². The van der Waals surface area contributed by atoms with Crippen LogP contribution in [0.3, 0.4) is 0 Å². The van der Waals surface area contributed by atoms with Crippen LogP contribution in [0.1, 0.15) is 48.2 Å². The first-order chi connectivity index (χ1) is 18.5. The van der Waals surface area contributed by atoms with Crippen LogP contribution in [0.5, 0.6) is 0 Å². The normalized spacial score (nSPS) is 18.4. The van der Waals surface area contributed by atoms with E-state index in [1.807, 2.05) is 47.4 Å². The minimum Gasteiger partial charge on any atom is -0.341 e. The van der Waals surface area contributed by atoms with Crippen LogP contribution in [0.4, 0.5) is 4.39 Å². The minimum absolute atomic E-state index is 0.00524. The molecule has 2 aliphatic heterocycles. The summed E-state index contributed by atoms with van der Waals surface area (Å²) in [6, 6.07) is 20.6. The Kier molecular flexibility index (Phi) is 6.62. The SMILES string of the molecule is O=C(CN1C[C@@H](c2ccccc2)CC1=O)N1CCC(n2c(Cc3ccc(F)cc3)nc3cccnc32)CC1. The smallest absolute Gasteiger partial charge is 0.242 e. The van der Waals surface area contributed by atoms with E-state index in [4.69, 9.17) is 4.98 Å². The number of likely N-dealkylation sites (tertiary alicyclic amines) is 2. The number of imidazole rings is 1. The van der Waals surface area contributed by atoms with Crippen LogP contribution in [0.15, 0.2) is 72.9 Å². The first kappa shape index (κ1) is 24.3. The van der Waals surface area contributed by atoms with Crippen molar-refractivity contribution in [1.29, 1.82) is 0 Å². The lowest BCUT2D eigenvalue weighted by Gasteiger charge is -2.34. The van der Waals surface area contributed by atoms with E-state index in [9.17, 15) is 14.0 Å². The lowest BCUT2D eigenvalue weighted by molar-refractivity contribution is -0.139. The third-order valence-electron chi connectivity index (χ3n) is 7.79. The molecule has 4 heterocycles. The maximum absolute atomic E-state index is 13.4. The van der Waals surface area contributed by atoms with Crippen molar-refractivity contribution in [3.63, 3.8) is 0 Å². The molecule has 0 saturated carbocycles. The molecule has 2 saturated heterocycles. The van der Waals surface area contributed by atoms with Crippen LogP contribution in [-0.4, -0.2) is 62.3 Å². The molecule has 1 atom stereocenters. The predicted octanol–water partition coefficient (Wildman–Crippen LogP) is 4.34. The Morgan fingerprint density at radius 3 is 2.50 bits per heavy atom. The third-order valence-corrected chi connectivity index (χ3v) is 7.79. The van der Waals surface area contributed by atoms with Crippen molar-refractivity contribution in [2.45, 2.75) is 37.6 Å². The monoisotopic (exact) mass is 511 g/mol. The van der Waals surface area contributed by atoms with E-state index < -0.39 is 0 Å². The van der Waals surface area contributed by atoms with Gasteiger partial charge in [0.25, 0.3) is 0 Å². The molecule has 0 N–H and O–H groups in total. The minimum atomic E-state index is -0.257. The maximum Gasteiger partial charge on any atom is 0.242 e. The molecular formula is C30H30FN5O2. The molecule has 0 radical (unpaired) electrons. The molecular weight excluding hydrogens is 481 g/mol. The largest absolute Gasteiger partial charge is 0.341 e. The number of fused-ring (bicyclic) bond motifs is 1. The lowest BCUT2D eigenvalue weighted by atomic mass is 9.99. The van der Waals surface area contributed by atoms with Gasteiger partial charge in [0.05, 0.1) is 6.54 Å². The molecule has 38 heavy (non-hydrogen) atoms. The number of nitrogens with zero attached hydrogens (tertiary/aromatic N) is 5. The molecule has 2 aromatic carbocycles. The summed E-state index contributed by atoms with van der Waals surface area (Å²) in [7, 11) is 0. The van der Waals surface area contributed by atoms with E-state index in [2.05, 4.69) is 9.55 Å². The van der Waals surface area contributed by atoms with Gasteiger partial charge in [-0.05, 0) is 48.2 Å². The summed E-state index contributed by atoms with van der Waals surface area (Å²) in [5.41, 5.74) is 3.81. The second kappa shape index (κ2) is 10.4. The Bertz CT molecular complexity index is 1440. The summed E-state index contributed by atoms with van der Waals surface area (Å²) in [4.78, 5) is 38.8. The van der Waals surface area contributed by atoms with Gasteiger partial charge < -0.3 is 14.4 Å². The lowest BCUT2D eigenvalue weighted by Crippen LogP contribution is -2.45. The highest BCUT2D eigenvalue weighted by Gasteiger charge is 2.34. The van der Waals surface area contributed by atoms with Gasteiger partial charge in [-0.15, -0.1) is 0 Å². The maximum atomic E-state index is 13.4. The number of carbonyl (C=O) groups is 2. The van der Waals surface area contributed by atoms with Crippen LogP contribution in [0.25, 0.3) is 11.2 Å². The second-order valence-electron chi connectivity index (χ2n) is 10.2. The Morgan fingerprint density at radius 2 is 1.74 bits per heavy atom. The molecule has 7 nitrogen and oxygen atoms in total. The van der Waals surface area contributed by atoms with Crippen LogP contribution >= 0.6 is 0 Å². The number of aromatic nitrogens is 3. The quantitative estimate of drug-likeness (QED) is 0.386. The number of rotatable bonds is 6.